The summed E-state index contributed by atoms with van der Waals surface area (Å²) in [6.45, 7) is 1.63. The highest BCUT2D eigenvalue weighted by Gasteiger charge is 2.21. The zero-order valence-electron chi connectivity index (χ0n) is 11.5. The van der Waals surface area contributed by atoms with Crippen LogP contribution >= 0.6 is 0 Å². The van der Waals surface area contributed by atoms with Crippen molar-refractivity contribution in [3.8, 4) is 5.75 Å². The number of carbonyl (C=O) groups is 1. The summed E-state index contributed by atoms with van der Waals surface area (Å²) in [5.41, 5.74) is 1.32. The highest BCUT2D eigenvalue weighted by atomic mass is 16.5. The van der Waals surface area contributed by atoms with Crippen LogP contribution in [0.1, 0.15) is 16.8 Å². The Morgan fingerprint density at radius 1 is 1.60 bits per heavy atom. The highest BCUT2D eigenvalue weighted by molar-refractivity contribution is 5.99. The molecule has 0 aromatic heterocycles. The van der Waals surface area contributed by atoms with Crippen LogP contribution in [0.5, 0.6) is 5.75 Å². The number of benzene rings is 1. The molecular formula is C14H20N2O4. The first kappa shape index (κ1) is 14.6. The van der Waals surface area contributed by atoms with Crippen molar-refractivity contribution in [2.24, 2.45) is 0 Å². The molecular weight excluding hydrogens is 260 g/mol. The van der Waals surface area contributed by atoms with Gasteiger partial charge >= 0.3 is 0 Å². The summed E-state index contributed by atoms with van der Waals surface area (Å²) < 4.78 is 10.6. The van der Waals surface area contributed by atoms with Crippen molar-refractivity contribution in [2.45, 2.75) is 12.5 Å². The van der Waals surface area contributed by atoms with E-state index >= 15 is 0 Å². The number of fused-ring (bicyclic) bond motifs is 1. The minimum absolute atomic E-state index is 0.000735. The van der Waals surface area contributed by atoms with Crippen LogP contribution in [-0.4, -0.2) is 50.5 Å². The van der Waals surface area contributed by atoms with Gasteiger partial charge in [0.15, 0.2) is 5.75 Å². The van der Waals surface area contributed by atoms with E-state index in [1.54, 1.807) is 13.2 Å². The van der Waals surface area contributed by atoms with Crippen LogP contribution in [0.3, 0.4) is 0 Å². The summed E-state index contributed by atoms with van der Waals surface area (Å²) in [5.74, 6) is 0.359. The van der Waals surface area contributed by atoms with E-state index in [1.807, 2.05) is 12.1 Å². The number of ether oxygens (including phenoxy) is 2. The van der Waals surface area contributed by atoms with Gasteiger partial charge in [-0.1, -0.05) is 6.07 Å². The molecule has 0 bridgehead atoms. The molecule has 1 atom stereocenters. The molecule has 0 saturated heterocycles. The SMILES string of the molecule is COCC(CCO)NC(=O)c1cccc2c1OCCN2. The van der Waals surface area contributed by atoms with Crippen molar-refractivity contribution in [2.75, 3.05) is 38.8 Å². The minimum atomic E-state index is -0.221. The van der Waals surface area contributed by atoms with Gasteiger partial charge in [0.1, 0.15) is 6.61 Å². The number of nitrogens with one attached hydrogen (secondary N) is 2. The van der Waals surface area contributed by atoms with Crippen LogP contribution in [0.15, 0.2) is 18.2 Å². The van der Waals surface area contributed by atoms with Gasteiger partial charge in [-0.3, -0.25) is 4.79 Å². The molecule has 0 spiro atoms. The Kier molecular flexibility index (Phi) is 5.20. The third kappa shape index (κ3) is 3.40. The van der Waals surface area contributed by atoms with E-state index < -0.39 is 0 Å². The standard InChI is InChI=1S/C14H20N2O4/c1-19-9-10(5-7-17)16-14(18)11-3-2-4-12-13(11)20-8-6-15-12/h2-4,10,15,17H,5-9H2,1H3,(H,16,18). The van der Waals surface area contributed by atoms with E-state index in [1.165, 1.54) is 0 Å². The van der Waals surface area contributed by atoms with Crippen molar-refractivity contribution < 1.29 is 19.4 Å². The molecule has 1 unspecified atom stereocenters. The molecule has 1 aliphatic rings. The molecule has 1 aromatic carbocycles. The van der Waals surface area contributed by atoms with Gasteiger partial charge in [0.2, 0.25) is 0 Å². The van der Waals surface area contributed by atoms with Gasteiger partial charge in [0.25, 0.3) is 5.91 Å². The van der Waals surface area contributed by atoms with Gasteiger partial charge in [0, 0.05) is 20.3 Å². The molecule has 0 saturated carbocycles. The lowest BCUT2D eigenvalue weighted by Crippen LogP contribution is -2.39. The summed E-state index contributed by atoms with van der Waals surface area (Å²) >= 11 is 0. The molecule has 1 amide bonds. The van der Waals surface area contributed by atoms with E-state index in [-0.39, 0.29) is 18.6 Å². The number of methoxy groups -OCH3 is 1. The molecule has 1 aliphatic heterocycles. The van der Waals surface area contributed by atoms with Crippen molar-refractivity contribution in [3.63, 3.8) is 0 Å². The third-order valence-corrected chi connectivity index (χ3v) is 3.10. The Morgan fingerprint density at radius 2 is 2.45 bits per heavy atom. The predicted octanol–water partition coefficient (Wildman–Crippen LogP) is 0.618. The van der Waals surface area contributed by atoms with Crippen molar-refractivity contribution in [1.29, 1.82) is 0 Å². The van der Waals surface area contributed by atoms with Gasteiger partial charge < -0.3 is 25.2 Å². The second kappa shape index (κ2) is 7.12. The second-order valence-electron chi connectivity index (χ2n) is 4.60. The van der Waals surface area contributed by atoms with Crippen LogP contribution in [-0.2, 0) is 4.74 Å². The van der Waals surface area contributed by atoms with Crippen LogP contribution in [0.4, 0.5) is 5.69 Å². The van der Waals surface area contributed by atoms with Crippen LogP contribution in [0, 0.1) is 0 Å². The lowest BCUT2D eigenvalue weighted by atomic mass is 10.1. The first-order chi connectivity index (χ1) is 9.76. The molecule has 1 heterocycles. The predicted molar refractivity (Wildman–Crippen MR) is 75.3 cm³/mol. The third-order valence-electron chi connectivity index (χ3n) is 3.10. The molecule has 6 heteroatoms. The highest BCUT2D eigenvalue weighted by Crippen LogP contribution is 2.31. The molecule has 1 aromatic rings. The maximum absolute atomic E-state index is 12.3. The fourth-order valence-electron chi connectivity index (χ4n) is 2.17. The molecule has 6 nitrogen and oxygen atoms in total. The Morgan fingerprint density at radius 3 is 3.20 bits per heavy atom. The Bertz CT molecular complexity index is 458. The quantitative estimate of drug-likeness (QED) is 0.712. The zero-order valence-corrected chi connectivity index (χ0v) is 11.5. The summed E-state index contributed by atoms with van der Waals surface area (Å²) in [5, 5.41) is 15.0. The largest absolute Gasteiger partial charge is 0.489 e. The number of rotatable bonds is 6. The van der Waals surface area contributed by atoms with Crippen LogP contribution in [0.25, 0.3) is 0 Å². The van der Waals surface area contributed by atoms with E-state index in [0.29, 0.717) is 30.9 Å². The topological polar surface area (TPSA) is 79.8 Å². The van der Waals surface area contributed by atoms with E-state index in [0.717, 1.165) is 12.2 Å². The maximum atomic E-state index is 12.3. The zero-order chi connectivity index (χ0) is 14.4. The summed E-state index contributed by atoms with van der Waals surface area (Å²) in [6.07, 6.45) is 0.452. The van der Waals surface area contributed by atoms with Crippen molar-refractivity contribution in [1.82, 2.24) is 5.32 Å². The summed E-state index contributed by atoms with van der Waals surface area (Å²) in [7, 11) is 1.56. The Labute approximate surface area is 118 Å². The molecule has 2 rings (SSSR count). The molecule has 0 fully saturated rings. The van der Waals surface area contributed by atoms with Crippen molar-refractivity contribution >= 4 is 11.6 Å². The van der Waals surface area contributed by atoms with Gasteiger partial charge in [-0.05, 0) is 18.6 Å². The number of anilines is 1. The average molecular weight is 280 g/mol. The molecule has 0 radical (unpaired) electrons. The number of hydrogen-bond donors (Lipinski definition) is 3. The normalized spacial score (nSPS) is 14.7. The number of carbonyl (C=O) groups excluding carboxylic acids is 1. The Hall–Kier alpha value is -1.79. The average Bonchev–Trinajstić information content (AvgIpc) is 2.47. The fourth-order valence-corrected chi connectivity index (χ4v) is 2.17. The fraction of sp³-hybridized carbons (Fsp3) is 0.500. The first-order valence-corrected chi connectivity index (χ1v) is 6.66. The van der Waals surface area contributed by atoms with Gasteiger partial charge in [-0.15, -0.1) is 0 Å². The van der Waals surface area contributed by atoms with Gasteiger partial charge in [-0.25, -0.2) is 0 Å². The van der Waals surface area contributed by atoms with Crippen LogP contribution < -0.4 is 15.4 Å². The minimum Gasteiger partial charge on any atom is -0.489 e. The molecule has 20 heavy (non-hydrogen) atoms. The first-order valence-electron chi connectivity index (χ1n) is 6.66. The number of aliphatic hydroxyl groups is 1. The second-order valence-corrected chi connectivity index (χ2v) is 4.60. The monoisotopic (exact) mass is 280 g/mol. The van der Waals surface area contributed by atoms with Gasteiger partial charge in [0.05, 0.1) is 23.9 Å². The van der Waals surface area contributed by atoms with Gasteiger partial charge in [-0.2, -0.15) is 0 Å². The summed E-state index contributed by atoms with van der Waals surface area (Å²) in [6, 6.07) is 5.20. The van der Waals surface area contributed by atoms with Crippen molar-refractivity contribution in [3.05, 3.63) is 23.8 Å². The molecule has 3 N–H and O–H groups in total. The lowest BCUT2D eigenvalue weighted by molar-refractivity contribution is 0.0875. The number of aliphatic hydroxyl groups excluding tert-OH is 1. The molecule has 0 aliphatic carbocycles. The van der Waals surface area contributed by atoms with Crippen LogP contribution in [0.2, 0.25) is 0 Å². The number of amides is 1. The van der Waals surface area contributed by atoms with E-state index in [2.05, 4.69) is 10.6 Å². The van der Waals surface area contributed by atoms with E-state index in [9.17, 15) is 4.79 Å². The number of para-hydroxylation sites is 1. The number of hydrogen-bond acceptors (Lipinski definition) is 5. The maximum Gasteiger partial charge on any atom is 0.255 e. The lowest BCUT2D eigenvalue weighted by Gasteiger charge is -2.23. The molecule has 110 valence electrons. The summed E-state index contributed by atoms with van der Waals surface area (Å²) in [4.78, 5) is 12.3. The Balaban J connectivity index is 2.12. The smallest absolute Gasteiger partial charge is 0.255 e. The van der Waals surface area contributed by atoms with E-state index in [4.69, 9.17) is 14.6 Å².